The molecule has 0 aliphatic carbocycles. The third-order valence-corrected chi connectivity index (χ3v) is 4.56. The molecule has 2 heterocycles. The van der Waals surface area contributed by atoms with Crippen LogP contribution < -0.4 is 10.6 Å². The second-order valence-electron chi connectivity index (χ2n) is 5.74. The molecule has 0 radical (unpaired) electrons. The van der Waals surface area contributed by atoms with E-state index in [2.05, 4.69) is 15.7 Å². The van der Waals surface area contributed by atoms with Crippen LogP contribution >= 0.6 is 24.0 Å². The van der Waals surface area contributed by atoms with Gasteiger partial charge in [-0.2, -0.15) is 5.10 Å². The van der Waals surface area contributed by atoms with Crippen LogP contribution in [0.4, 0.5) is 4.39 Å². The number of amides is 1. The van der Waals surface area contributed by atoms with E-state index in [0.717, 1.165) is 12.1 Å². The summed E-state index contributed by atoms with van der Waals surface area (Å²) in [5.74, 6) is -0.654. The van der Waals surface area contributed by atoms with Crippen molar-refractivity contribution in [3.05, 3.63) is 52.6 Å². The normalized spacial score (nSPS) is 19.8. The number of carbonyl (C=O) groups excluding carboxylic acids is 1. The number of hydrogen-bond acceptors (Lipinski definition) is 3. The Morgan fingerprint density at radius 2 is 2.29 bits per heavy atom. The zero-order valence-electron chi connectivity index (χ0n) is 13.1. The zero-order valence-corrected chi connectivity index (χ0v) is 14.7. The van der Waals surface area contributed by atoms with Crippen LogP contribution in [0.2, 0.25) is 5.02 Å². The molecule has 5 nitrogen and oxygen atoms in total. The molecule has 0 unspecified atom stereocenters. The summed E-state index contributed by atoms with van der Waals surface area (Å²) in [6.07, 6.45) is 3.71. The van der Waals surface area contributed by atoms with Crippen molar-refractivity contribution in [2.75, 3.05) is 13.1 Å². The van der Waals surface area contributed by atoms with Gasteiger partial charge in [-0.15, -0.1) is 12.4 Å². The summed E-state index contributed by atoms with van der Waals surface area (Å²) in [5.41, 5.74) is 1.34. The highest BCUT2D eigenvalue weighted by atomic mass is 35.5. The van der Waals surface area contributed by atoms with Crippen molar-refractivity contribution in [3.8, 4) is 0 Å². The Morgan fingerprint density at radius 1 is 1.50 bits per heavy atom. The Balaban J connectivity index is 0.00000208. The molecule has 1 aromatic heterocycles. The van der Waals surface area contributed by atoms with Crippen LogP contribution in [0.15, 0.2) is 30.6 Å². The molecule has 0 saturated carbocycles. The van der Waals surface area contributed by atoms with Crippen LogP contribution in [-0.4, -0.2) is 28.8 Å². The predicted molar refractivity (Wildman–Crippen MR) is 92.8 cm³/mol. The first kappa shape index (κ1) is 18.7. The highest BCUT2D eigenvalue weighted by Gasteiger charge is 2.34. The molecular formula is C16H19Cl2FN4O. The van der Waals surface area contributed by atoms with Gasteiger partial charge in [0.25, 0.3) is 0 Å². The number of halogens is 3. The van der Waals surface area contributed by atoms with Gasteiger partial charge in [0.15, 0.2) is 0 Å². The molecule has 1 fully saturated rings. The van der Waals surface area contributed by atoms with Crippen LogP contribution in [0.1, 0.15) is 17.0 Å². The van der Waals surface area contributed by atoms with E-state index in [1.807, 2.05) is 13.2 Å². The average Bonchev–Trinajstić information content (AvgIpc) is 3.14. The van der Waals surface area contributed by atoms with Gasteiger partial charge in [-0.1, -0.05) is 17.7 Å². The number of aryl methyl sites for hydroxylation is 1. The average molecular weight is 373 g/mol. The van der Waals surface area contributed by atoms with Gasteiger partial charge in [0.05, 0.1) is 12.1 Å². The van der Waals surface area contributed by atoms with E-state index in [9.17, 15) is 9.18 Å². The zero-order chi connectivity index (χ0) is 16.4. The van der Waals surface area contributed by atoms with Gasteiger partial charge in [0.1, 0.15) is 5.82 Å². The summed E-state index contributed by atoms with van der Waals surface area (Å²) in [4.78, 5) is 12.5. The number of nitrogens with zero attached hydrogens (tertiary/aromatic N) is 2. The first-order chi connectivity index (χ1) is 11.1. The highest BCUT2D eigenvalue weighted by Crippen LogP contribution is 2.28. The first-order valence-electron chi connectivity index (χ1n) is 7.46. The molecule has 8 heteroatoms. The lowest BCUT2D eigenvalue weighted by Crippen LogP contribution is -2.34. The molecule has 2 N–H and O–H groups in total. The molecule has 1 aliphatic rings. The van der Waals surface area contributed by atoms with Crippen LogP contribution in [0, 0.1) is 11.7 Å². The Morgan fingerprint density at radius 3 is 2.96 bits per heavy atom. The Hall–Kier alpha value is -1.63. The van der Waals surface area contributed by atoms with Crippen LogP contribution in [0.3, 0.4) is 0 Å². The van der Waals surface area contributed by atoms with Crippen molar-refractivity contribution >= 4 is 29.9 Å². The van der Waals surface area contributed by atoms with E-state index in [4.69, 9.17) is 11.6 Å². The number of nitrogens with one attached hydrogen (secondary N) is 2. The van der Waals surface area contributed by atoms with E-state index >= 15 is 0 Å². The van der Waals surface area contributed by atoms with E-state index in [1.54, 1.807) is 23.0 Å². The first-order valence-corrected chi connectivity index (χ1v) is 7.84. The summed E-state index contributed by atoms with van der Waals surface area (Å²) in [6, 6.07) is 4.49. The highest BCUT2D eigenvalue weighted by molar-refractivity contribution is 6.31. The molecule has 1 aliphatic heterocycles. The lowest BCUT2D eigenvalue weighted by atomic mass is 9.90. The molecule has 3 rings (SSSR count). The molecule has 1 aromatic carbocycles. The Labute approximate surface area is 151 Å². The summed E-state index contributed by atoms with van der Waals surface area (Å²) >= 11 is 5.99. The minimum atomic E-state index is -0.411. The molecule has 2 aromatic rings. The molecule has 24 heavy (non-hydrogen) atoms. The fraction of sp³-hybridized carbons (Fsp3) is 0.375. The molecule has 0 bridgehead atoms. The molecule has 0 spiro atoms. The number of benzene rings is 1. The van der Waals surface area contributed by atoms with Gasteiger partial charge in [0, 0.05) is 49.4 Å². The third-order valence-electron chi connectivity index (χ3n) is 4.21. The molecule has 2 atom stereocenters. The maximum atomic E-state index is 13.8. The molecular weight excluding hydrogens is 354 g/mol. The van der Waals surface area contributed by atoms with Crippen molar-refractivity contribution < 1.29 is 9.18 Å². The van der Waals surface area contributed by atoms with Gasteiger partial charge in [0.2, 0.25) is 5.91 Å². The SMILES string of the molecule is Cl.Cn1cc([C@H]2CNC[C@@H]2C(=O)NCc2c(F)cccc2Cl)cn1. The van der Waals surface area contributed by atoms with Gasteiger partial charge < -0.3 is 10.6 Å². The van der Waals surface area contributed by atoms with Gasteiger partial charge in [-0.25, -0.2) is 4.39 Å². The second-order valence-corrected chi connectivity index (χ2v) is 6.14. The van der Waals surface area contributed by atoms with Gasteiger partial charge in [-0.3, -0.25) is 9.48 Å². The smallest absolute Gasteiger partial charge is 0.225 e. The fourth-order valence-corrected chi connectivity index (χ4v) is 3.17. The van der Waals surface area contributed by atoms with Crippen molar-refractivity contribution in [1.82, 2.24) is 20.4 Å². The number of aromatic nitrogens is 2. The standard InChI is InChI=1S/C16H18ClFN4O.ClH/c1-22-9-10(5-21-22)11-6-19-7-12(11)16(23)20-8-13-14(17)3-2-4-15(13)18;/h2-5,9,11-12,19H,6-8H2,1H3,(H,20,23);1H/t11-,12+;/m1./s1. The summed E-state index contributed by atoms with van der Waals surface area (Å²) in [5, 5.41) is 10.5. The quantitative estimate of drug-likeness (QED) is 0.865. The second kappa shape index (κ2) is 7.96. The predicted octanol–water partition coefficient (Wildman–Crippen LogP) is 2.25. The lowest BCUT2D eigenvalue weighted by Gasteiger charge is -2.17. The topological polar surface area (TPSA) is 59.0 Å². The van der Waals surface area contributed by atoms with Crippen LogP contribution in [0.25, 0.3) is 0 Å². The van der Waals surface area contributed by atoms with E-state index in [1.165, 1.54) is 6.07 Å². The van der Waals surface area contributed by atoms with Crippen molar-refractivity contribution in [1.29, 1.82) is 0 Å². The summed E-state index contributed by atoms with van der Waals surface area (Å²) in [7, 11) is 1.85. The maximum absolute atomic E-state index is 13.8. The lowest BCUT2D eigenvalue weighted by molar-refractivity contribution is -0.125. The van der Waals surface area contributed by atoms with Gasteiger partial charge >= 0.3 is 0 Å². The summed E-state index contributed by atoms with van der Waals surface area (Å²) < 4.78 is 15.5. The van der Waals surface area contributed by atoms with Crippen molar-refractivity contribution in [2.24, 2.45) is 13.0 Å². The Kier molecular flexibility index (Phi) is 6.21. The molecule has 130 valence electrons. The van der Waals surface area contributed by atoms with E-state index in [-0.39, 0.29) is 36.7 Å². The van der Waals surface area contributed by atoms with Crippen molar-refractivity contribution in [2.45, 2.75) is 12.5 Å². The Bertz CT molecular complexity index is 702. The maximum Gasteiger partial charge on any atom is 0.225 e. The summed E-state index contributed by atoms with van der Waals surface area (Å²) in [6.45, 7) is 1.40. The minimum Gasteiger partial charge on any atom is -0.352 e. The largest absolute Gasteiger partial charge is 0.352 e. The minimum absolute atomic E-state index is 0. The monoisotopic (exact) mass is 372 g/mol. The van der Waals surface area contributed by atoms with E-state index in [0.29, 0.717) is 17.1 Å². The number of carbonyl (C=O) groups is 1. The molecule has 1 saturated heterocycles. The molecule has 1 amide bonds. The van der Waals surface area contributed by atoms with Crippen LogP contribution in [0.5, 0.6) is 0 Å². The van der Waals surface area contributed by atoms with Gasteiger partial charge in [-0.05, 0) is 17.7 Å². The van der Waals surface area contributed by atoms with E-state index < -0.39 is 5.82 Å². The van der Waals surface area contributed by atoms with Crippen LogP contribution in [-0.2, 0) is 18.4 Å². The fourth-order valence-electron chi connectivity index (χ4n) is 2.94. The number of rotatable bonds is 4. The number of hydrogen-bond donors (Lipinski definition) is 2. The third kappa shape index (κ3) is 3.88. The van der Waals surface area contributed by atoms with Crippen molar-refractivity contribution in [3.63, 3.8) is 0 Å².